The summed E-state index contributed by atoms with van der Waals surface area (Å²) in [6.45, 7) is 9.78. The average molecular weight is 484 g/mol. The van der Waals surface area contributed by atoms with Gasteiger partial charge in [-0.3, -0.25) is 0 Å². The number of rotatable bonds is 5. The molecule has 5 heterocycles. The number of nitrogens with zero attached hydrogens (tertiary/aromatic N) is 7. The van der Waals surface area contributed by atoms with Gasteiger partial charge in [0, 0.05) is 49.5 Å². The molecule has 1 aromatic carbocycles. The molecule has 6 rings (SSSR count). The fourth-order valence-corrected chi connectivity index (χ4v) is 4.08. The van der Waals surface area contributed by atoms with Gasteiger partial charge in [-0.25, -0.2) is 24.5 Å². The Labute approximate surface area is 209 Å². The lowest BCUT2D eigenvalue weighted by Crippen LogP contribution is -2.43. The largest absolute Gasteiger partial charge is 0.457 e. The first-order valence-electron chi connectivity index (χ1n) is 12.1. The van der Waals surface area contributed by atoms with E-state index in [9.17, 15) is 0 Å². The number of piperazine rings is 1. The summed E-state index contributed by atoms with van der Waals surface area (Å²) in [6.07, 6.45) is 6.72. The van der Waals surface area contributed by atoms with Crippen LogP contribution in [0.25, 0.3) is 16.6 Å². The first-order valence-corrected chi connectivity index (χ1v) is 12.1. The maximum Gasteiger partial charge on any atom is 0.158 e. The fourth-order valence-electron chi connectivity index (χ4n) is 4.08. The lowest BCUT2D eigenvalue weighted by atomic mass is 10.2. The molecule has 1 fully saturated rings. The van der Waals surface area contributed by atoms with Gasteiger partial charge >= 0.3 is 0 Å². The van der Waals surface area contributed by atoms with Crippen LogP contribution in [-0.4, -0.2) is 55.7 Å². The highest BCUT2D eigenvalue weighted by Gasteiger charge is 2.14. The molecule has 0 bridgehead atoms. The minimum Gasteiger partial charge on any atom is -0.457 e. The normalized spacial score (nSPS) is 13.4. The van der Waals surface area contributed by atoms with Crippen molar-refractivity contribution in [1.29, 1.82) is 0 Å². The van der Waals surface area contributed by atoms with Crippen LogP contribution < -0.4 is 20.3 Å². The first-order chi connectivity index (χ1) is 17.7. The number of anilines is 3. The van der Waals surface area contributed by atoms with Crippen LogP contribution in [0, 0.1) is 6.92 Å². The Morgan fingerprint density at radius 2 is 1.81 bits per heavy atom. The predicted octanol–water partition coefficient (Wildman–Crippen LogP) is 4.35. The van der Waals surface area contributed by atoms with Gasteiger partial charge in [0.05, 0.1) is 11.7 Å². The molecule has 10 nitrogen and oxygen atoms in total. The van der Waals surface area contributed by atoms with E-state index in [1.165, 1.54) is 6.33 Å². The number of aryl methyl sites for hydroxylation is 1. The van der Waals surface area contributed by atoms with E-state index in [1.54, 1.807) is 10.8 Å². The molecule has 1 aliphatic heterocycles. The Morgan fingerprint density at radius 1 is 0.944 bits per heavy atom. The fraction of sp³-hybridized carbons (Fsp3) is 0.269. The zero-order valence-corrected chi connectivity index (χ0v) is 20.6. The van der Waals surface area contributed by atoms with Gasteiger partial charge in [-0.15, -0.1) is 0 Å². The van der Waals surface area contributed by atoms with Gasteiger partial charge in [0.2, 0.25) is 0 Å². The molecule has 4 aromatic heterocycles. The number of nitrogens with one attached hydrogen (secondary N) is 2. The van der Waals surface area contributed by atoms with Crippen LogP contribution in [0.3, 0.4) is 0 Å². The zero-order chi connectivity index (χ0) is 24.9. The minimum atomic E-state index is 0.707. The molecule has 36 heavy (non-hydrogen) atoms. The molecule has 0 atom stereocenters. The molecule has 0 aliphatic carbocycles. The van der Waals surface area contributed by atoms with Crippen LogP contribution in [0.2, 0.25) is 0 Å². The molecule has 2 N–H and O–H groups in total. The molecule has 1 saturated heterocycles. The van der Waals surface area contributed by atoms with Gasteiger partial charge in [-0.2, -0.15) is 5.10 Å². The Balaban J connectivity index is 0.00000130. The number of aromatic nitrogens is 6. The van der Waals surface area contributed by atoms with Crippen molar-refractivity contribution in [3.8, 4) is 11.5 Å². The standard InChI is InChI=1S/C24H23N9O.C2H6/c1-16-10-17(2-3-21(16)34-18-4-7-33-23(11-18)28-15-30-33)31-24-19-12-22(32-8-5-25-6-9-32)26-13-20(19)27-14-29-24;1-2/h2-4,7,10-15,25H,5-6,8-9H2,1H3,(H,27,29,31);1-2H3. The van der Waals surface area contributed by atoms with E-state index in [2.05, 4.69) is 46.6 Å². The van der Waals surface area contributed by atoms with Crippen molar-refractivity contribution >= 4 is 33.9 Å². The van der Waals surface area contributed by atoms with E-state index in [0.29, 0.717) is 5.75 Å². The minimum absolute atomic E-state index is 0.707. The van der Waals surface area contributed by atoms with Crippen molar-refractivity contribution in [1.82, 2.24) is 34.9 Å². The topological polar surface area (TPSA) is 105 Å². The zero-order valence-electron chi connectivity index (χ0n) is 20.6. The van der Waals surface area contributed by atoms with Crippen LogP contribution in [0.15, 0.2) is 61.4 Å². The van der Waals surface area contributed by atoms with Crippen LogP contribution >= 0.6 is 0 Å². The van der Waals surface area contributed by atoms with Gasteiger partial charge in [0.1, 0.15) is 35.8 Å². The Bertz CT molecular complexity index is 1480. The summed E-state index contributed by atoms with van der Waals surface area (Å²) in [4.78, 5) is 20.0. The molecule has 0 amide bonds. The van der Waals surface area contributed by atoms with Crippen molar-refractivity contribution in [2.24, 2.45) is 0 Å². The number of benzene rings is 1. The first kappa shape index (κ1) is 23.4. The number of hydrogen-bond donors (Lipinski definition) is 2. The predicted molar refractivity (Wildman–Crippen MR) is 141 cm³/mol. The summed E-state index contributed by atoms with van der Waals surface area (Å²) in [5.74, 6) is 3.16. The molecule has 0 spiro atoms. The summed E-state index contributed by atoms with van der Waals surface area (Å²) in [5.41, 5.74) is 3.45. The molecule has 0 radical (unpaired) electrons. The Kier molecular flexibility index (Phi) is 6.85. The molecule has 0 unspecified atom stereocenters. The Hall–Kier alpha value is -4.31. The third kappa shape index (κ3) is 4.89. The number of pyridine rings is 2. The monoisotopic (exact) mass is 483 g/mol. The van der Waals surface area contributed by atoms with E-state index in [1.807, 2.05) is 63.5 Å². The molecule has 184 valence electrons. The number of hydrogen-bond acceptors (Lipinski definition) is 9. The second-order valence-electron chi connectivity index (χ2n) is 8.15. The number of fused-ring (bicyclic) bond motifs is 2. The maximum absolute atomic E-state index is 6.09. The van der Waals surface area contributed by atoms with Crippen LogP contribution in [0.1, 0.15) is 19.4 Å². The SMILES string of the molecule is CC.Cc1cc(Nc2ncnc3cnc(N4CCNCC4)cc23)ccc1Oc1ccn2ncnc2c1. The molecule has 0 saturated carbocycles. The molecular weight excluding hydrogens is 454 g/mol. The van der Waals surface area contributed by atoms with Gasteiger partial charge in [0.25, 0.3) is 0 Å². The van der Waals surface area contributed by atoms with Gasteiger partial charge in [-0.05, 0) is 42.8 Å². The summed E-state index contributed by atoms with van der Waals surface area (Å²) in [6, 6.07) is 11.7. The second-order valence-corrected chi connectivity index (χ2v) is 8.15. The average Bonchev–Trinajstić information content (AvgIpc) is 3.40. The van der Waals surface area contributed by atoms with E-state index in [0.717, 1.165) is 71.4 Å². The lowest BCUT2D eigenvalue weighted by Gasteiger charge is -2.28. The van der Waals surface area contributed by atoms with Gasteiger partial charge < -0.3 is 20.3 Å². The number of ether oxygens (including phenoxy) is 1. The van der Waals surface area contributed by atoms with Crippen molar-refractivity contribution < 1.29 is 4.74 Å². The van der Waals surface area contributed by atoms with E-state index in [-0.39, 0.29) is 0 Å². The lowest BCUT2D eigenvalue weighted by molar-refractivity contribution is 0.478. The highest BCUT2D eigenvalue weighted by atomic mass is 16.5. The van der Waals surface area contributed by atoms with E-state index >= 15 is 0 Å². The summed E-state index contributed by atoms with van der Waals surface area (Å²) >= 11 is 0. The third-order valence-electron chi connectivity index (χ3n) is 5.87. The quantitative estimate of drug-likeness (QED) is 0.377. The Morgan fingerprint density at radius 3 is 2.64 bits per heavy atom. The maximum atomic E-state index is 6.09. The van der Waals surface area contributed by atoms with Crippen molar-refractivity contribution in [2.45, 2.75) is 20.8 Å². The molecule has 5 aromatic rings. The smallest absolute Gasteiger partial charge is 0.158 e. The molecule has 1 aliphatic rings. The van der Waals surface area contributed by atoms with Crippen molar-refractivity contribution in [3.63, 3.8) is 0 Å². The van der Waals surface area contributed by atoms with Gasteiger partial charge in [-0.1, -0.05) is 13.8 Å². The molecular formula is C26H29N9O. The second kappa shape index (κ2) is 10.5. The van der Waals surface area contributed by atoms with Crippen LogP contribution in [0.4, 0.5) is 17.3 Å². The van der Waals surface area contributed by atoms with Gasteiger partial charge in [0.15, 0.2) is 5.65 Å². The summed E-state index contributed by atoms with van der Waals surface area (Å²) < 4.78 is 7.79. The van der Waals surface area contributed by atoms with E-state index < -0.39 is 0 Å². The van der Waals surface area contributed by atoms with Crippen LogP contribution in [-0.2, 0) is 0 Å². The van der Waals surface area contributed by atoms with E-state index in [4.69, 9.17) is 4.74 Å². The molecule has 10 heteroatoms. The highest BCUT2D eigenvalue weighted by Crippen LogP contribution is 2.30. The van der Waals surface area contributed by atoms with Crippen LogP contribution in [0.5, 0.6) is 11.5 Å². The van der Waals surface area contributed by atoms with Crippen molar-refractivity contribution in [3.05, 3.63) is 67.0 Å². The highest BCUT2D eigenvalue weighted by molar-refractivity contribution is 5.91. The third-order valence-corrected chi connectivity index (χ3v) is 5.87. The van der Waals surface area contributed by atoms with Crippen molar-refractivity contribution in [2.75, 3.05) is 36.4 Å². The summed E-state index contributed by atoms with van der Waals surface area (Å²) in [5, 5.41) is 11.9. The summed E-state index contributed by atoms with van der Waals surface area (Å²) in [7, 11) is 0.